The maximum atomic E-state index is 10.9. The van der Waals surface area contributed by atoms with Crippen molar-refractivity contribution in [3.63, 3.8) is 0 Å². The van der Waals surface area contributed by atoms with Crippen molar-refractivity contribution in [2.75, 3.05) is 5.32 Å². The van der Waals surface area contributed by atoms with Crippen LogP contribution in [0.5, 0.6) is 0 Å². The van der Waals surface area contributed by atoms with Gasteiger partial charge in [0.2, 0.25) is 5.91 Å². The molecule has 1 radical (unpaired) electrons. The third kappa shape index (κ3) is 2.71. The first kappa shape index (κ1) is 12.5. The molecule has 0 aliphatic rings. The smallest absolute Gasteiger partial charge is 0.238 e. The molecule has 67 valence electrons. The van der Waals surface area contributed by atoms with Gasteiger partial charge in [0, 0.05) is 38.3 Å². The number of nitrogens with one attached hydrogen (secondary N) is 1. The predicted octanol–water partition coefficient (Wildman–Crippen LogP) is 1.17. The summed E-state index contributed by atoms with van der Waals surface area (Å²) in [7, 11) is 3.46. The summed E-state index contributed by atoms with van der Waals surface area (Å²) >= 11 is 0. The van der Waals surface area contributed by atoms with Gasteiger partial charge in [-0.25, -0.2) is 0 Å². The summed E-state index contributed by atoms with van der Waals surface area (Å²) in [6, 6.07) is 5.13. The van der Waals surface area contributed by atoms with E-state index in [-0.39, 0.29) is 32.7 Å². The number of carbonyl (C=O) groups is 1. The van der Waals surface area contributed by atoms with E-state index < -0.39 is 5.91 Å². The number of primary amides is 1. The van der Waals surface area contributed by atoms with Gasteiger partial charge in [0.05, 0.1) is 0 Å². The average Bonchev–Trinajstić information content (AvgIpc) is 2.03. The zero-order chi connectivity index (χ0) is 9.14. The quantitative estimate of drug-likeness (QED) is 0.775. The summed E-state index contributed by atoms with van der Waals surface area (Å²) in [6.45, 7) is 3.72. The Kier molecular flexibility index (Phi) is 5.03. The van der Waals surface area contributed by atoms with Gasteiger partial charge in [-0.05, 0) is 0 Å². The zero-order valence-corrected chi connectivity index (χ0v) is 10.0. The van der Waals surface area contributed by atoms with Gasteiger partial charge in [-0.3, -0.25) is 11.8 Å². The van der Waals surface area contributed by atoms with Gasteiger partial charge < -0.3 is 11.1 Å². The average molecular weight is 251 g/mol. The predicted molar refractivity (Wildman–Crippen MR) is 48.4 cm³/mol. The van der Waals surface area contributed by atoms with Gasteiger partial charge in [0.1, 0.15) is 0 Å². The Labute approximate surface area is 103 Å². The van der Waals surface area contributed by atoms with E-state index in [1.165, 1.54) is 0 Å². The summed E-state index contributed by atoms with van der Waals surface area (Å²) in [5.41, 5.74) is 6.84. The van der Waals surface area contributed by atoms with Crippen LogP contribution in [0.1, 0.15) is 15.9 Å². The van der Waals surface area contributed by atoms with Crippen molar-refractivity contribution >= 4 is 11.6 Å². The van der Waals surface area contributed by atoms with Gasteiger partial charge in [0.25, 0.3) is 0 Å². The maximum Gasteiger partial charge on any atom is 0.238 e. The second-order valence-corrected chi connectivity index (χ2v) is 2.38. The molecule has 0 aromatic heterocycles. The molecule has 0 fully saturated rings. The monoisotopic (exact) mass is 251 g/mol. The molecule has 1 rings (SSSR count). The molecule has 13 heavy (non-hydrogen) atoms. The number of hydrogen-bond acceptors (Lipinski definition) is 2. The molecular formula is C9H10N2OY-2. The number of rotatable bonds is 2. The summed E-state index contributed by atoms with van der Waals surface area (Å²) in [6.07, 6.45) is 0. The molecule has 0 saturated heterocycles. The molecule has 0 saturated carbocycles. The summed E-state index contributed by atoms with van der Waals surface area (Å²) in [5, 5.41) is 2.63. The van der Waals surface area contributed by atoms with E-state index in [1.54, 1.807) is 18.2 Å². The first-order chi connectivity index (χ1) is 5.66. The van der Waals surface area contributed by atoms with Gasteiger partial charge in [0.15, 0.2) is 0 Å². The van der Waals surface area contributed by atoms with Crippen LogP contribution in [0.15, 0.2) is 18.2 Å². The molecule has 0 heterocycles. The van der Waals surface area contributed by atoms with E-state index >= 15 is 0 Å². The minimum atomic E-state index is -0.480. The number of hydrogen-bond donors (Lipinski definition) is 2. The second kappa shape index (κ2) is 5.25. The number of carbonyl (C=O) groups excluding carboxylic acids is 1. The standard InChI is InChI=1S/C9H10N2O.Y/c1-6-4-3-5-7(9(10)12)8(6)11-2;/h3-5,11H,1-2H2,(H2,10,12);/q-2;. The molecule has 0 bridgehead atoms. The number of para-hydroxylation sites is 1. The molecule has 0 aliphatic carbocycles. The van der Waals surface area contributed by atoms with Crippen LogP contribution < -0.4 is 11.1 Å². The first-order valence-electron chi connectivity index (χ1n) is 3.44. The topological polar surface area (TPSA) is 55.1 Å². The summed E-state index contributed by atoms with van der Waals surface area (Å²) in [5.74, 6) is -0.480. The Morgan fingerprint density at radius 1 is 1.46 bits per heavy atom. The van der Waals surface area contributed by atoms with Crippen molar-refractivity contribution in [2.45, 2.75) is 0 Å². The van der Waals surface area contributed by atoms with Gasteiger partial charge in [-0.1, -0.05) is 11.8 Å². The van der Waals surface area contributed by atoms with E-state index in [2.05, 4.69) is 19.3 Å². The van der Waals surface area contributed by atoms with Crippen molar-refractivity contribution in [3.05, 3.63) is 43.3 Å². The molecule has 1 aromatic rings. The molecule has 4 heteroatoms. The summed E-state index contributed by atoms with van der Waals surface area (Å²) in [4.78, 5) is 10.9. The minimum Gasteiger partial charge on any atom is -0.590 e. The largest absolute Gasteiger partial charge is 0.590 e. The Bertz CT molecular complexity index is 312. The number of benzene rings is 1. The molecular weight excluding hydrogens is 241 g/mol. The Balaban J connectivity index is 0.00000144. The van der Waals surface area contributed by atoms with Crippen LogP contribution in [0, 0.1) is 14.0 Å². The van der Waals surface area contributed by atoms with Crippen LogP contribution in [0.25, 0.3) is 0 Å². The van der Waals surface area contributed by atoms with Crippen LogP contribution in [-0.2, 0) is 32.7 Å². The third-order valence-electron chi connectivity index (χ3n) is 1.59. The molecule has 0 unspecified atom stereocenters. The Morgan fingerprint density at radius 3 is 2.46 bits per heavy atom. The van der Waals surface area contributed by atoms with E-state index in [4.69, 9.17) is 5.73 Å². The molecule has 0 spiro atoms. The van der Waals surface area contributed by atoms with Gasteiger partial charge in [-0.15, -0.1) is 6.07 Å². The van der Waals surface area contributed by atoms with E-state index in [0.717, 1.165) is 0 Å². The van der Waals surface area contributed by atoms with Crippen molar-refractivity contribution in [1.29, 1.82) is 0 Å². The molecule has 1 amide bonds. The minimum absolute atomic E-state index is 0. The van der Waals surface area contributed by atoms with E-state index in [1.807, 2.05) is 0 Å². The first-order valence-corrected chi connectivity index (χ1v) is 3.44. The maximum absolute atomic E-state index is 10.9. The molecule has 3 nitrogen and oxygen atoms in total. The van der Waals surface area contributed by atoms with Crippen LogP contribution in [0.2, 0.25) is 0 Å². The van der Waals surface area contributed by atoms with Crippen LogP contribution >= 0.6 is 0 Å². The van der Waals surface area contributed by atoms with E-state index in [9.17, 15) is 4.79 Å². The molecule has 1 aromatic carbocycles. The van der Waals surface area contributed by atoms with Crippen molar-refractivity contribution in [2.24, 2.45) is 5.73 Å². The van der Waals surface area contributed by atoms with Gasteiger partial charge >= 0.3 is 0 Å². The fourth-order valence-corrected chi connectivity index (χ4v) is 1.01. The van der Waals surface area contributed by atoms with Crippen molar-refractivity contribution in [1.82, 2.24) is 0 Å². The van der Waals surface area contributed by atoms with Gasteiger partial charge in [-0.2, -0.15) is 18.6 Å². The Hall–Kier alpha value is -0.536. The van der Waals surface area contributed by atoms with Crippen LogP contribution in [0.4, 0.5) is 5.69 Å². The normalized spacial score (nSPS) is 8.69. The molecule has 3 N–H and O–H groups in total. The SMILES string of the molecule is [CH2-]Nc1c([CH2-])cccc1C(N)=O.[Y]. The fourth-order valence-electron chi connectivity index (χ4n) is 1.01. The third-order valence-corrected chi connectivity index (χ3v) is 1.59. The molecule has 0 aliphatic heterocycles. The van der Waals surface area contributed by atoms with Crippen LogP contribution in [0.3, 0.4) is 0 Å². The number of amides is 1. The van der Waals surface area contributed by atoms with Crippen molar-refractivity contribution in [3.8, 4) is 0 Å². The van der Waals surface area contributed by atoms with Crippen molar-refractivity contribution < 1.29 is 37.5 Å². The van der Waals surface area contributed by atoms with E-state index in [0.29, 0.717) is 16.8 Å². The zero-order valence-electron chi connectivity index (χ0n) is 7.21. The summed E-state index contributed by atoms with van der Waals surface area (Å²) < 4.78 is 0. The fraction of sp³-hybridized carbons (Fsp3) is 0. The Morgan fingerprint density at radius 2 is 2.08 bits per heavy atom. The number of anilines is 1. The molecule has 0 atom stereocenters. The van der Waals surface area contributed by atoms with Crippen LogP contribution in [-0.4, -0.2) is 5.91 Å². The number of nitrogens with two attached hydrogens (primary N) is 1. The second-order valence-electron chi connectivity index (χ2n) is 2.38.